The lowest BCUT2D eigenvalue weighted by atomic mass is 9.85. The van der Waals surface area contributed by atoms with Crippen LogP contribution in [0.4, 0.5) is 0 Å². The summed E-state index contributed by atoms with van der Waals surface area (Å²) in [5.74, 6) is -0.870. The third kappa shape index (κ3) is 4.75. The highest BCUT2D eigenvalue weighted by atomic mass is 16.7. The quantitative estimate of drug-likeness (QED) is 0.795. The van der Waals surface area contributed by atoms with Gasteiger partial charge in [-0.1, -0.05) is 20.8 Å². The molecular formula is C14H27NO4. The van der Waals surface area contributed by atoms with Crippen LogP contribution in [0.3, 0.4) is 0 Å². The Morgan fingerprint density at radius 3 is 2.63 bits per heavy atom. The summed E-state index contributed by atoms with van der Waals surface area (Å²) in [4.78, 5) is 12.2. The van der Waals surface area contributed by atoms with Crippen molar-refractivity contribution < 1.29 is 19.4 Å². The molecule has 5 nitrogen and oxygen atoms in total. The molecular weight excluding hydrogens is 246 g/mol. The SMILES string of the molecule is CCC(O)CCNC(=O)[C@@H]1OC(C)(C)OCC1(C)C. The zero-order valence-corrected chi connectivity index (χ0v) is 12.7. The highest BCUT2D eigenvalue weighted by molar-refractivity contribution is 5.81. The first kappa shape index (κ1) is 16.4. The lowest BCUT2D eigenvalue weighted by Crippen LogP contribution is -2.56. The van der Waals surface area contributed by atoms with E-state index < -0.39 is 11.9 Å². The Balaban J connectivity index is 2.53. The van der Waals surface area contributed by atoms with E-state index >= 15 is 0 Å². The van der Waals surface area contributed by atoms with Gasteiger partial charge in [-0.05, 0) is 26.7 Å². The average molecular weight is 273 g/mol. The van der Waals surface area contributed by atoms with Crippen LogP contribution < -0.4 is 5.32 Å². The molecule has 1 fully saturated rings. The van der Waals surface area contributed by atoms with E-state index in [2.05, 4.69) is 5.32 Å². The van der Waals surface area contributed by atoms with Crippen molar-refractivity contribution in [1.82, 2.24) is 5.32 Å². The maximum atomic E-state index is 12.2. The smallest absolute Gasteiger partial charge is 0.249 e. The summed E-state index contributed by atoms with van der Waals surface area (Å²) in [5, 5.41) is 12.3. The Hall–Kier alpha value is -0.650. The van der Waals surface area contributed by atoms with E-state index in [0.717, 1.165) is 0 Å². The number of carbonyl (C=O) groups excluding carboxylic acids is 1. The van der Waals surface area contributed by atoms with Gasteiger partial charge < -0.3 is 19.9 Å². The van der Waals surface area contributed by atoms with Crippen molar-refractivity contribution in [3.63, 3.8) is 0 Å². The molecule has 1 amide bonds. The van der Waals surface area contributed by atoms with Gasteiger partial charge in [0.2, 0.25) is 5.91 Å². The first-order valence-corrected chi connectivity index (χ1v) is 6.95. The summed E-state index contributed by atoms with van der Waals surface area (Å²) in [6, 6.07) is 0. The van der Waals surface area contributed by atoms with Crippen LogP contribution in [0.25, 0.3) is 0 Å². The second-order valence-electron chi connectivity index (χ2n) is 6.32. The zero-order valence-electron chi connectivity index (χ0n) is 12.7. The molecule has 1 aliphatic rings. The molecule has 1 unspecified atom stereocenters. The molecule has 0 aliphatic carbocycles. The third-order valence-corrected chi connectivity index (χ3v) is 3.39. The molecule has 0 saturated carbocycles. The van der Waals surface area contributed by atoms with Crippen molar-refractivity contribution in [1.29, 1.82) is 0 Å². The Labute approximate surface area is 115 Å². The Morgan fingerprint density at radius 2 is 2.05 bits per heavy atom. The molecule has 0 radical (unpaired) electrons. The molecule has 0 spiro atoms. The largest absolute Gasteiger partial charge is 0.393 e. The summed E-state index contributed by atoms with van der Waals surface area (Å²) >= 11 is 0. The summed E-state index contributed by atoms with van der Waals surface area (Å²) < 4.78 is 11.3. The van der Waals surface area contributed by atoms with E-state index in [9.17, 15) is 9.90 Å². The number of ether oxygens (including phenoxy) is 2. The van der Waals surface area contributed by atoms with Crippen LogP contribution in [0, 0.1) is 5.41 Å². The maximum Gasteiger partial charge on any atom is 0.249 e. The van der Waals surface area contributed by atoms with Gasteiger partial charge in [0.05, 0.1) is 12.7 Å². The third-order valence-electron chi connectivity index (χ3n) is 3.39. The molecule has 0 bridgehead atoms. The molecule has 1 heterocycles. The van der Waals surface area contributed by atoms with Crippen molar-refractivity contribution in [3.8, 4) is 0 Å². The highest BCUT2D eigenvalue weighted by Crippen LogP contribution is 2.34. The molecule has 19 heavy (non-hydrogen) atoms. The van der Waals surface area contributed by atoms with Gasteiger partial charge in [0.15, 0.2) is 5.79 Å². The minimum absolute atomic E-state index is 0.135. The Morgan fingerprint density at radius 1 is 1.42 bits per heavy atom. The van der Waals surface area contributed by atoms with Gasteiger partial charge in [-0.3, -0.25) is 4.79 Å². The summed E-state index contributed by atoms with van der Waals surface area (Å²) in [5.41, 5.74) is -0.358. The van der Waals surface area contributed by atoms with Gasteiger partial charge in [0.1, 0.15) is 6.10 Å². The van der Waals surface area contributed by atoms with Gasteiger partial charge in [0, 0.05) is 12.0 Å². The number of nitrogens with one attached hydrogen (secondary N) is 1. The highest BCUT2D eigenvalue weighted by Gasteiger charge is 2.45. The van der Waals surface area contributed by atoms with Crippen LogP contribution in [-0.2, 0) is 14.3 Å². The van der Waals surface area contributed by atoms with Crippen molar-refractivity contribution >= 4 is 5.91 Å². The van der Waals surface area contributed by atoms with Gasteiger partial charge in [0.25, 0.3) is 0 Å². The van der Waals surface area contributed by atoms with Crippen LogP contribution in [0.15, 0.2) is 0 Å². The lowest BCUT2D eigenvalue weighted by molar-refractivity contribution is -0.304. The molecule has 1 aliphatic heterocycles. The van der Waals surface area contributed by atoms with Crippen LogP contribution >= 0.6 is 0 Å². The minimum atomic E-state index is -0.736. The number of hydrogen-bond acceptors (Lipinski definition) is 4. The molecule has 0 aromatic carbocycles. The standard InChI is InChI=1S/C14H27NO4/c1-6-10(16)7-8-15-12(17)11-13(2,3)9-18-14(4,5)19-11/h10-11,16H,6-9H2,1-5H3,(H,15,17)/t10?,11-/m0/s1. The topological polar surface area (TPSA) is 67.8 Å². The molecule has 112 valence electrons. The Kier molecular flexibility index (Phi) is 5.35. The van der Waals surface area contributed by atoms with Gasteiger partial charge >= 0.3 is 0 Å². The van der Waals surface area contributed by atoms with E-state index in [1.54, 1.807) is 0 Å². The molecule has 0 aromatic rings. The molecule has 2 atom stereocenters. The van der Waals surface area contributed by atoms with Crippen molar-refractivity contribution in [2.24, 2.45) is 5.41 Å². The molecule has 1 saturated heterocycles. The number of aliphatic hydroxyl groups is 1. The van der Waals surface area contributed by atoms with Crippen LogP contribution in [-0.4, -0.2) is 42.2 Å². The number of carbonyl (C=O) groups is 1. The predicted octanol–water partition coefficient (Wildman–Crippen LogP) is 1.44. The second-order valence-corrected chi connectivity index (χ2v) is 6.32. The van der Waals surface area contributed by atoms with Crippen molar-refractivity contribution in [2.45, 2.75) is 65.5 Å². The Bertz CT molecular complexity index is 315. The second kappa shape index (κ2) is 6.20. The maximum absolute atomic E-state index is 12.2. The molecule has 2 N–H and O–H groups in total. The van der Waals surface area contributed by atoms with Gasteiger partial charge in [-0.2, -0.15) is 0 Å². The number of hydrogen-bond donors (Lipinski definition) is 2. The van der Waals surface area contributed by atoms with Crippen molar-refractivity contribution in [3.05, 3.63) is 0 Å². The van der Waals surface area contributed by atoms with Crippen LogP contribution in [0.2, 0.25) is 0 Å². The molecule has 1 rings (SSSR count). The van der Waals surface area contributed by atoms with Gasteiger partial charge in [-0.15, -0.1) is 0 Å². The van der Waals surface area contributed by atoms with E-state index in [4.69, 9.17) is 9.47 Å². The average Bonchev–Trinajstić information content (AvgIpc) is 2.32. The summed E-state index contributed by atoms with van der Waals surface area (Å²) in [6.45, 7) is 10.4. The summed E-state index contributed by atoms with van der Waals surface area (Å²) in [6.07, 6.45) is 0.368. The van der Waals surface area contributed by atoms with E-state index in [1.165, 1.54) is 0 Å². The van der Waals surface area contributed by atoms with Gasteiger partial charge in [-0.25, -0.2) is 0 Å². The monoisotopic (exact) mass is 273 g/mol. The fourth-order valence-corrected chi connectivity index (χ4v) is 1.98. The molecule has 5 heteroatoms. The van der Waals surface area contributed by atoms with E-state index in [-0.39, 0.29) is 17.4 Å². The van der Waals surface area contributed by atoms with E-state index in [0.29, 0.717) is 26.0 Å². The minimum Gasteiger partial charge on any atom is -0.393 e. The number of amides is 1. The zero-order chi connectivity index (χ0) is 14.7. The predicted molar refractivity (Wildman–Crippen MR) is 72.6 cm³/mol. The van der Waals surface area contributed by atoms with Crippen LogP contribution in [0.5, 0.6) is 0 Å². The lowest BCUT2D eigenvalue weighted by Gasteiger charge is -2.44. The summed E-state index contributed by atoms with van der Waals surface area (Å²) in [7, 11) is 0. The first-order valence-electron chi connectivity index (χ1n) is 6.95. The van der Waals surface area contributed by atoms with Crippen molar-refractivity contribution in [2.75, 3.05) is 13.2 Å². The number of aliphatic hydroxyl groups excluding tert-OH is 1. The fourth-order valence-electron chi connectivity index (χ4n) is 1.98. The van der Waals surface area contributed by atoms with E-state index in [1.807, 2.05) is 34.6 Å². The fraction of sp³-hybridized carbons (Fsp3) is 0.929. The molecule has 0 aromatic heterocycles. The normalized spacial score (nSPS) is 26.7. The van der Waals surface area contributed by atoms with Crippen LogP contribution in [0.1, 0.15) is 47.5 Å². The number of rotatable bonds is 5. The first-order chi connectivity index (χ1) is 8.68.